The molecule has 0 saturated carbocycles. The first-order valence-corrected chi connectivity index (χ1v) is 11.4. The Bertz CT molecular complexity index is 1310. The normalized spacial score (nSPS) is 11.9. The SMILES string of the molecule is Cc1cc2sc3cc(C)c(/C=C/c4ccccc4)cc3c2cc1/C=C/c1ccccc1. The molecule has 0 unspecified atom stereocenters. The van der Waals surface area contributed by atoms with Crippen LogP contribution in [0.3, 0.4) is 0 Å². The van der Waals surface area contributed by atoms with Crippen LogP contribution in [0.4, 0.5) is 0 Å². The first-order chi connectivity index (χ1) is 15.2. The van der Waals surface area contributed by atoms with E-state index in [2.05, 4.69) is 123 Å². The zero-order valence-electron chi connectivity index (χ0n) is 17.8. The lowest BCUT2D eigenvalue weighted by atomic mass is 10.00. The van der Waals surface area contributed by atoms with Crippen LogP contribution in [-0.4, -0.2) is 0 Å². The van der Waals surface area contributed by atoms with Crippen LogP contribution in [0.25, 0.3) is 44.5 Å². The zero-order valence-corrected chi connectivity index (χ0v) is 18.6. The Kier molecular flexibility index (Phi) is 5.28. The van der Waals surface area contributed by atoms with Gasteiger partial charge in [-0.05, 0) is 71.5 Å². The van der Waals surface area contributed by atoms with Crippen LogP contribution in [0.5, 0.6) is 0 Å². The molecule has 1 heterocycles. The molecule has 0 amide bonds. The minimum absolute atomic E-state index is 1.22. The summed E-state index contributed by atoms with van der Waals surface area (Å²) < 4.78 is 2.71. The first kappa shape index (κ1) is 19.5. The van der Waals surface area contributed by atoms with E-state index < -0.39 is 0 Å². The number of hydrogen-bond acceptors (Lipinski definition) is 1. The van der Waals surface area contributed by atoms with Gasteiger partial charge in [-0.25, -0.2) is 0 Å². The van der Waals surface area contributed by atoms with Gasteiger partial charge in [0.1, 0.15) is 0 Å². The van der Waals surface area contributed by atoms with Crippen LogP contribution in [0.15, 0.2) is 84.9 Å². The van der Waals surface area contributed by atoms with Crippen LogP contribution in [-0.2, 0) is 0 Å². The van der Waals surface area contributed by atoms with Crippen molar-refractivity contribution in [2.75, 3.05) is 0 Å². The maximum atomic E-state index is 2.35. The quantitative estimate of drug-likeness (QED) is 0.256. The van der Waals surface area contributed by atoms with Gasteiger partial charge in [0.2, 0.25) is 0 Å². The van der Waals surface area contributed by atoms with Crippen LogP contribution in [0.2, 0.25) is 0 Å². The molecule has 0 radical (unpaired) electrons. The standard InChI is InChI=1S/C30H24S/c1-21-17-29-27(19-25(21)15-13-23-9-5-3-6-10-23)28-20-26(22(2)18-30(28)31-29)16-14-24-11-7-4-8-12-24/h3-20H,1-2H3/b15-13+,16-14+. The van der Waals surface area contributed by atoms with Gasteiger partial charge in [0.05, 0.1) is 0 Å². The molecule has 0 atom stereocenters. The molecule has 1 heteroatoms. The van der Waals surface area contributed by atoms with Gasteiger partial charge in [-0.3, -0.25) is 0 Å². The summed E-state index contributed by atoms with van der Waals surface area (Å²) in [4.78, 5) is 0. The molecule has 5 aromatic rings. The van der Waals surface area contributed by atoms with Crippen LogP contribution in [0, 0.1) is 13.8 Å². The van der Waals surface area contributed by atoms with Crippen molar-refractivity contribution in [1.82, 2.24) is 0 Å². The Morgan fingerprint density at radius 3 is 1.35 bits per heavy atom. The van der Waals surface area contributed by atoms with E-state index >= 15 is 0 Å². The fraction of sp³-hybridized carbons (Fsp3) is 0.0667. The Morgan fingerprint density at radius 2 is 0.935 bits per heavy atom. The summed E-state index contributed by atoms with van der Waals surface area (Å²) in [5.41, 5.74) is 7.62. The van der Waals surface area contributed by atoms with Gasteiger partial charge >= 0.3 is 0 Å². The number of thiophene rings is 1. The van der Waals surface area contributed by atoms with Gasteiger partial charge in [0.15, 0.2) is 0 Å². The molecule has 4 aromatic carbocycles. The molecule has 0 N–H and O–H groups in total. The molecule has 5 rings (SSSR count). The highest BCUT2D eigenvalue weighted by Gasteiger charge is 2.09. The zero-order chi connectivity index (χ0) is 21.2. The van der Waals surface area contributed by atoms with E-state index in [1.54, 1.807) is 0 Å². The van der Waals surface area contributed by atoms with Crippen molar-refractivity contribution in [2.24, 2.45) is 0 Å². The van der Waals surface area contributed by atoms with E-state index in [-0.39, 0.29) is 0 Å². The van der Waals surface area contributed by atoms with Crippen molar-refractivity contribution in [1.29, 1.82) is 0 Å². The van der Waals surface area contributed by atoms with E-state index in [9.17, 15) is 0 Å². The summed E-state index contributed by atoms with van der Waals surface area (Å²) in [6.07, 6.45) is 8.86. The van der Waals surface area contributed by atoms with E-state index in [4.69, 9.17) is 0 Å². The molecule has 0 aliphatic carbocycles. The third-order valence-electron chi connectivity index (χ3n) is 5.76. The van der Waals surface area contributed by atoms with Crippen LogP contribution >= 0.6 is 11.3 Å². The second kappa shape index (κ2) is 8.37. The van der Waals surface area contributed by atoms with Crippen molar-refractivity contribution in [3.05, 3.63) is 118 Å². The van der Waals surface area contributed by atoms with Gasteiger partial charge in [-0.15, -0.1) is 11.3 Å². The molecule has 150 valence electrons. The summed E-state index contributed by atoms with van der Waals surface area (Å²) in [7, 11) is 0. The van der Waals surface area contributed by atoms with E-state index in [0.29, 0.717) is 0 Å². The molecule has 0 aliphatic heterocycles. The lowest BCUT2D eigenvalue weighted by molar-refractivity contribution is 1.48. The molecule has 0 spiro atoms. The van der Waals surface area contributed by atoms with Gasteiger partial charge in [0.25, 0.3) is 0 Å². The van der Waals surface area contributed by atoms with E-state index in [0.717, 1.165) is 0 Å². The maximum absolute atomic E-state index is 2.35. The average molecular weight is 417 g/mol. The number of rotatable bonds is 4. The summed E-state index contributed by atoms with van der Waals surface area (Å²) in [6, 6.07) is 30.3. The molecule has 0 saturated heterocycles. The lowest BCUT2D eigenvalue weighted by Crippen LogP contribution is -1.82. The Morgan fingerprint density at radius 1 is 0.516 bits per heavy atom. The van der Waals surface area contributed by atoms with Gasteiger partial charge in [-0.2, -0.15) is 0 Å². The topological polar surface area (TPSA) is 0 Å². The lowest BCUT2D eigenvalue weighted by Gasteiger charge is -2.04. The summed E-state index contributed by atoms with van der Waals surface area (Å²) in [6.45, 7) is 4.40. The molecule has 0 fully saturated rings. The van der Waals surface area contributed by atoms with E-state index in [1.165, 1.54) is 53.6 Å². The van der Waals surface area contributed by atoms with Crippen molar-refractivity contribution in [2.45, 2.75) is 13.8 Å². The van der Waals surface area contributed by atoms with Crippen LogP contribution < -0.4 is 0 Å². The highest BCUT2D eigenvalue weighted by atomic mass is 32.1. The molecule has 31 heavy (non-hydrogen) atoms. The Balaban J connectivity index is 1.58. The van der Waals surface area contributed by atoms with Crippen molar-refractivity contribution in [3.8, 4) is 0 Å². The smallest absolute Gasteiger partial charge is 0.0358 e. The minimum atomic E-state index is 1.22. The predicted molar refractivity (Wildman–Crippen MR) is 140 cm³/mol. The second-order valence-corrected chi connectivity index (χ2v) is 9.08. The number of hydrogen-bond donors (Lipinski definition) is 0. The van der Waals surface area contributed by atoms with E-state index in [1.807, 2.05) is 11.3 Å². The maximum Gasteiger partial charge on any atom is 0.0358 e. The first-order valence-electron chi connectivity index (χ1n) is 10.6. The number of aryl methyl sites for hydroxylation is 2. The molecule has 0 nitrogen and oxygen atoms in total. The molecular formula is C30H24S. The number of benzene rings is 4. The second-order valence-electron chi connectivity index (χ2n) is 8.00. The highest BCUT2D eigenvalue weighted by Crippen LogP contribution is 2.37. The largest absolute Gasteiger partial charge is 0.135 e. The fourth-order valence-corrected chi connectivity index (χ4v) is 5.23. The third kappa shape index (κ3) is 4.10. The minimum Gasteiger partial charge on any atom is -0.135 e. The van der Waals surface area contributed by atoms with Gasteiger partial charge in [-0.1, -0.05) is 85.0 Å². The predicted octanol–water partition coefficient (Wildman–Crippen LogP) is 9.01. The summed E-state index contributed by atoms with van der Waals surface area (Å²) in [5.74, 6) is 0. The Labute approximate surface area is 187 Å². The van der Waals surface area contributed by atoms with Gasteiger partial charge in [0, 0.05) is 20.2 Å². The highest BCUT2D eigenvalue weighted by molar-refractivity contribution is 7.25. The molecule has 1 aromatic heterocycles. The fourth-order valence-electron chi connectivity index (χ4n) is 3.96. The Hall–Kier alpha value is -3.42. The van der Waals surface area contributed by atoms with Crippen molar-refractivity contribution in [3.63, 3.8) is 0 Å². The summed E-state index contributed by atoms with van der Waals surface area (Å²) in [5, 5.41) is 2.68. The third-order valence-corrected chi connectivity index (χ3v) is 6.87. The number of fused-ring (bicyclic) bond motifs is 3. The summed E-state index contributed by atoms with van der Waals surface area (Å²) >= 11 is 1.89. The molecular weight excluding hydrogens is 392 g/mol. The van der Waals surface area contributed by atoms with Crippen LogP contribution in [0.1, 0.15) is 33.4 Å². The van der Waals surface area contributed by atoms with Crippen molar-refractivity contribution >= 4 is 55.8 Å². The molecule has 0 aliphatic rings. The van der Waals surface area contributed by atoms with Gasteiger partial charge < -0.3 is 0 Å². The molecule has 0 bridgehead atoms. The average Bonchev–Trinajstić information content (AvgIpc) is 3.13. The monoisotopic (exact) mass is 416 g/mol. The van der Waals surface area contributed by atoms with Crippen molar-refractivity contribution < 1.29 is 0 Å².